The van der Waals surface area contributed by atoms with E-state index in [2.05, 4.69) is 13.5 Å². The van der Waals surface area contributed by atoms with Crippen LogP contribution in [0.2, 0.25) is 0 Å². The highest BCUT2D eigenvalue weighted by Crippen LogP contribution is 2.55. The van der Waals surface area contributed by atoms with Crippen LogP contribution in [0.15, 0.2) is 23.8 Å². The van der Waals surface area contributed by atoms with Gasteiger partial charge in [-0.1, -0.05) is 25.2 Å². The third-order valence-electron chi connectivity index (χ3n) is 8.35. The molecule has 3 aliphatic rings. The van der Waals surface area contributed by atoms with Crippen molar-refractivity contribution in [3.63, 3.8) is 0 Å². The summed E-state index contributed by atoms with van der Waals surface area (Å²) in [6.45, 7) is 16.0. The Morgan fingerprint density at radius 2 is 1.97 bits per heavy atom. The lowest BCUT2D eigenvalue weighted by atomic mass is 9.55. The number of esters is 1. The molecule has 8 atom stereocenters. The highest BCUT2D eigenvalue weighted by molar-refractivity contribution is 5.87. The molecule has 0 spiro atoms. The molecule has 0 radical (unpaired) electrons. The van der Waals surface area contributed by atoms with Crippen molar-refractivity contribution in [1.29, 1.82) is 0 Å². The fourth-order valence-electron chi connectivity index (χ4n) is 5.80. The molecule has 0 aromatic heterocycles. The molecule has 1 aliphatic heterocycles. The van der Waals surface area contributed by atoms with Crippen molar-refractivity contribution in [3.05, 3.63) is 23.8 Å². The molecule has 2 saturated carbocycles. The standard InChI is InChI=1S/C26H42O6/c1-8-15(2)23(29)31-22-21(28)20(27)17(4)30-24(22)32-25(5,6)18-11-13-26(7)12-9-10-16(3)19(26)14-18/h8,17-22,24,27-28H,3,9-14H2,1-2,4-7H3/b15-8-/t17-,18+,19-,20+,21-,22+,24+,26-/m0/s1. The van der Waals surface area contributed by atoms with Crippen LogP contribution in [-0.2, 0) is 19.0 Å². The van der Waals surface area contributed by atoms with Crippen LogP contribution in [0.1, 0.15) is 80.1 Å². The molecule has 1 heterocycles. The van der Waals surface area contributed by atoms with Crippen LogP contribution in [0.3, 0.4) is 0 Å². The Balaban J connectivity index is 1.77. The van der Waals surface area contributed by atoms with Gasteiger partial charge in [0.25, 0.3) is 0 Å². The number of carbonyl (C=O) groups is 1. The second-order valence-electron chi connectivity index (χ2n) is 10.9. The van der Waals surface area contributed by atoms with Crippen LogP contribution in [0, 0.1) is 17.3 Å². The molecule has 6 heteroatoms. The van der Waals surface area contributed by atoms with E-state index in [-0.39, 0.29) is 5.92 Å². The average Bonchev–Trinajstić information content (AvgIpc) is 2.73. The molecule has 0 aromatic carbocycles. The largest absolute Gasteiger partial charge is 0.451 e. The molecule has 0 unspecified atom stereocenters. The van der Waals surface area contributed by atoms with Gasteiger partial charge in [-0.3, -0.25) is 0 Å². The fraction of sp³-hybridized carbons (Fsp3) is 0.808. The molecule has 3 rings (SSSR count). The zero-order chi connectivity index (χ0) is 23.8. The van der Waals surface area contributed by atoms with Gasteiger partial charge in [0.15, 0.2) is 12.4 Å². The molecular formula is C26H42O6. The van der Waals surface area contributed by atoms with Crippen LogP contribution in [0.5, 0.6) is 0 Å². The molecule has 2 N–H and O–H groups in total. The number of ether oxygens (including phenoxy) is 3. The molecular weight excluding hydrogens is 408 g/mol. The molecule has 3 fully saturated rings. The number of aliphatic hydroxyl groups excluding tert-OH is 2. The first-order valence-electron chi connectivity index (χ1n) is 12.1. The minimum Gasteiger partial charge on any atom is -0.451 e. The van der Waals surface area contributed by atoms with Gasteiger partial charge in [-0.05, 0) is 90.4 Å². The SMILES string of the molecule is C=C1CCC[C@@]2(C)CC[C@@H](C(C)(C)O[C@H]3O[C@@H](C)[C@@H](O)[C@H](O)[C@H]3OC(=O)/C(C)=C\C)C[C@@H]12. The summed E-state index contributed by atoms with van der Waals surface area (Å²) < 4.78 is 17.9. The summed E-state index contributed by atoms with van der Waals surface area (Å²) in [5.41, 5.74) is 1.53. The van der Waals surface area contributed by atoms with Gasteiger partial charge in [-0.15, -0.1) is 0 Å². The summed E-state index contributed by atoms with van der Waals surface area (Å²) in [5, 5.41) is 21.0. The van der Waals surface area contributed by atoms with Crippen molar-refractivity contribution in [2.45, 2.75) is 116 Å². The van der Waals surface area contributed by atoms with Crippen molar-refractivity contribution in [2.75, 3.05) is 0 Å². The lowest BCUT2D eigenvalue weighted by Crippen LogP contribution is -2.61. The Hall–Kier alpha value is -1.21. The van der Waals surface area contributed by atoms with Crippen LogP contribution in [-0.4, -0.2) is 52.5 Å². The minimum absolute atomic E-state index is 0.284. The summed E-state index contributed by atoms with van der Waals surface area (Å²) in [4.78, 5) is 12.4. The van der Waals surface area contributed by atoms with Gasteiger partial charge >= 0.3 is 5.97 Å². The lowest BCUT2D eigenvalue weighted by Gasteiger charge is -2.52. The Morgan fingerprint density at radius 3 is 2.62 bits per heavy atom. The first-order chi connectivity index (χ1) is 14.9. The van der Waals surface area contributed by atoms with Gasteiger partial charge in [-0.25, -0.2) is 4.79 Å². The molecule has 32 heavy (non-hydrogen) atoms. The number of fused-ring (bicyclic) bond motifs is 1. The van der Waals surface area contributed by atoms with Gasteiger partial charge < -0.3 is 24.4 Å². The van der Waals surface area contributed by atoms with E-state index in [1.807, 2.05) is 13.8 Å². The topological polar surface area (TPSA) is 85.2 Å². The van der Waals surface area contributed by atoms with Gasteiger partial charge in [0.2, 0.25) is 0 Å². The van der Waals surface area contributed by atoms with E-state index in [0.717, 1.165) is 25.7 Å². The lowest BCUT2D eigenvalue weighted by molar-refractivity contribution is -0.325. The van der Waals surface area contributed by atoms with Gasteiger partial charge in [0, 0.05) is 5.57 Å². The first-order valence-corrected chi connectivity index (χ1v) is 12.1. The van der Waals surface area contributed by atoms with E-state index in [9.17, 15) is 15.0 Å². The van der Waals surface area contributed by atoms with E-state index >= 15 is 0 Å². The number of allylic oxidation sites excluding steroid dienone is 2. The normalized spacial score (nSPS) is 41.2. The maximum Gasteiger partial charge on any atom is 0.333 e. The Kier molecular flexibility index (Phi) is 7.60. The van der Waals surface area contributed by atoms with Crippen molar-refractivity contribution in [2.24, 2.45) is 17.3 Å². The molecule has 182 valence electrons. The Labute approximate surface area is 193 Å². The average molecular weight is 451 g/mol. The van der Waals surface area contributed by atoms with Crippen LogP contribution >= 0.6 is 0 Å². The number of hydrogen-bond acceptors (Lipinski definition) is 6. The maximum atomic E-state index is 12.4. The summed E-state index contributed by atoms with van der Waals surface area (Å²) in [7, 11) is 0. The number of carbonyl (C=O) groups excluding carboxylic acids is 1. The molecule has 1 saturated heterocycles. The summed E-state index contributed by atoms with van der Waals surface area (Å²) in [6, 6.07) is 0. The predicted octanol–water partition coefficient (Wildman–Crippen LogP) is 4.29. The highest BCUT2D eigenvalue weighted by Gasteiger charge is 2.51. The van der Waals surface area contributed by atoms with Gasteiger partial charge in [0.05, 0.1) is 11.7 Å². The Morgan fingerprint density at radius 1 is 1.28 bits per heavy atom. The van der Waals surface area contributed by atoms with Crippen molar-refractivity contribution >= 4 is 5.97 Å². The summed E-state index contributed by atoms with van der Waals surface area (Å²) in [6.07, 6.45) is 3.24. The van der Waals surface area contributed by atoms with E-state index in [1.54, 1.807) is 26.8 Å². The highest BCUT2D eigenvalue weighted by atomic mass is 16.7. The van der Waals surface area contributed by atoms with E-state index in [1.165, 1.54) is 18.4 Å². The monoisotopic (exact) mass is 450 g/mol. The van der Waals surface area contributed by atoms with E-state index in [4.69, 9.17) is 14.2 Å². The molecule has 0 amide bonds. The minimum atomic E-state index is -1.29. The van der Waals surface area contributed by atoms with Crippen molar-refractivity contribution < 1.29 is 29.2 Å². The van der Waals surface area contributed by atoms with Gasteiger partial charge in [-0.2, -0.15) is 0 Å². The zero-order valence-electron chi connectivity index (χ0n) is 20.6. The fourth-order valence-corrected chi connectivity index (χ4v) is 5.80. The number of aliphatic hydroxyl groups is 2. The maximum absolute atomic E-state index is 12.4. The van der Waals surface area contributed by atoms with E-state index < -0.39 is 42.3 Å². The smallest absolute Gasteiger partial charge is 0.333 e. The summed E-state index contributed by atoms with van der Waals surface area (Å²) in [5.74, 6) is 0.217. The second-order valence-corrected chi connectivity index (χ2v) is 10.9. The second kappa shape index (κ2) is 9.57. The molecule has 6 nitrogen and oxygen atoms in total. The van der Waals surface area contributed by atoms with Gasteiger partial charge in [0.1, 0.15) is 12.2 Å². The number of rotatable bonds is 5. The molecule has 0 bridgehead atoms. The van der Waals surface area contributed by atoms with Crippen molar-refractivity contribution in [3.8, 4) is 0 Å². The quantitative estimate of drug-likeness (QED) is 0.369. The molecule has 2 aliphatic carbocycles. The summed E-state index contributed by atoms with van der Waals surface area (Å²) >= 11 is 0. The van der Waals surface area contributed by atoms with Crippen molar-refractivity contribution in [1.82, 2.24) is 0 Å². The van der Waals surface area contributed by atoms with Crippen LogP contribution < -0.4 is 0 Å². The Bertz CT molecular complexity index is 743. The zero-order valence-corrected chi connectivity index (χ0v) is 20.6. The van der Waals surface area contributed by atoms with Crippen LogP contribution in [0.4, 0.5) is 0 Å². The first kappa shape index (κ1) is 25.4. The van der Waals surface area contributed by atoms with E-state index in [0.29, 0.717) is 16.9 Å². The van der Waals surface area contributed by atoms with Crippen LogP contribution in [0.25, 0.3) is 0 Å². The predicted molar refractivity (Wildman–Crippen MR) is 123 cm³/mol. The third-order valence-corrected chi connectivity index (χ3v) is 8.35. The third kappa shape index (κ3) is 4.98. The number of hydrogen-bond donors (Lipinski definition) is 2. The molecule has 0 aromatic rings.